The fourth-order valence-corrected chi connectivity index (χ4v) is 2.94. The lowest BCUT2D eigenvalue weighted by atomic mass is 10.2. The van der Waals surface area contributed by atoms with Crippen molar-refractivity contribution in [3.8, 4) is 5.75 Å². The minimum atomic E-state index is -0.231. The van der Waals surface area contributed by atoms with Crippen molar-refractivity contribution in [2.45, 2.75) is 6.04 Å². The van der Waals surface area contributed by atoms with E-state index in [1.165, 1.54) is 0 Å². The van der Waals surface area contributed by atoms with Crippen LogP contribution in [0, 0.1) is 0 Å². The minimum Gasteiger partial charge on any atom is -0.490 e. The molecule has 0 radical (unpaired) electrons. The van der Waals surface area contributed by atoms with Crippen LogP contribution in [0.1, 0.15) is 0 Å². The predicted molar refractivity (Wildman–Crippen MR) is 113 cm³/mol. The molecule has 1 aliphatic heterocycles. The maximum absolute atomic E-state index is 12.7. The van der Waals surface area contributed by atoms with Gasteiger partial charge in [-0.1, -0.05) is 29.3 Å². The number of carbonyl (C=O) groups excluding carboxylic acids is 1. The molecule has 6 nitrogen and oxygen atoms in total. The summed E-state index contributed by atoms with van der Waals surface area (Å²) in [6.45, 7) is 2.32. The summed E-state index contributed by atoms with van der Waals surface area (Å²) in [6, 6.07) is 8.44. The number of anilines is 1. The van der Waals surface area contributed by atoms with E-state index >= 15 is 0 Å². The van der Waals surface area contributed by atoms with Gasteiger partial charge in [0.25, 0.3) is 0 Å². The molecule has 0 aliphatic carbocycles. The van der Waals surface area contributed by atoms with E-state index in [9.17, 15) is 4.79 Å². The number of nitrogens with one attached hydrogen (secondary N) is 2. The number of urea groups is 1. The van der Waals surface area contributed by atoms with Crippen LogP contribution in [0.25, 0.3) is 0 Å². The van der Waals surface area contributed by atoms with Crippen LogP contribution in [0.15, 0.2) is 42.7 Å². The van der Waals surface area contributed by atoms with Crippen molar-refractivity contribution in [1.29, 1.82) is 0 Å². The summed E-state index contributed by atoms with van der Waals surface area (Å²) < 4.78 is 5.75. The first-order valence-corrected chi connectivity index (χ1v) is 8.66. The summed E-state index contributed by atoms with van der Waals surface area (Å²) >= 11 is 12.1. The van der Waals surface area contributed by atoms with Crippen LogP contribution < -0.4 is 15.4 Å². The highest BCUT2D eigenvalue weighted by molar-refractivity contribution is 6.43. The Balaban J connectivity index is 0.00000182. The molecule has 1 atom stereocenters. The van der Waals surface area contributed by atoms with Crippen LogP contribution in [-0.4, -0.2) is 48.2 Å². The Kier molecular flexibility index (Phi) is 9.98. The van der Waals surface area contributed by atoms with Crippen LogP contribution in [0.2, 0.25) is 10.0 Å². The number of hydrogen-bond donors (Lipinski definition) is 2. The zero-order chi connectivity index (χ0) is 17.6. The van der Waals surface area contributed by atoms with Gasteiger partial charge in [0.05, 0.1) is 28.0 Å². The van der Waals surface area contributed by atoms with Crippen LogP contribution in [-0.2, 0) is 0 Å². The molecule has 148 valence electrons. The smallest absolute Gasteiger partial charge is 0.322 e. The van der Waals surface area contributed by atoms with Gasteiger partial charge in [0.15, 0.2) is 0 Å². The molecule has 2 aromatic rings. The van der Waals surface area contributed by atoms with Crippen LogP contribution in [0.5, 0.6) is 5.75 Å². The van der Waals surface area contributed by atoms with Crippen molar-refractivity contribution >= 4 is 59.7 Å². The molecule has 27 heavy (non-hydrogen) atoms. The van der Waals surface area contributed by atoms with E-state index in [4.69, 9.17) is 27.9 Å². The summed E-state index contributed by atoms with van der Waals surface area (Å²) in [5.74, 6) is 0.673. The van der Waals surface area contributed by atoms with Gasteiger partial charge >= 0.3 is 6.03 Å². The third-order valence-corrected chi connectivity index (χ3v) is 4.70. The number of benzene rings is 1. The number of pyridine rings is 1. The maximum Gasteiger partial charge on any atom is 0.322 e. The van der Waals surface area contributed by atoms with Crippen molar-refractivity contribution < 1.29 is 9.53 Å². The number of aromatic nitrogens is 1. The molecule has 2 N–H and O–H groups in total. The minimum absolute atomic E-state index is 0. The lowest BCUT2D eigenvalue weighted by molar-refractivity contribution is 0.133. The summed E-state index contributed by atoms with van der Waals surface area (Å²) in [5.41, 5.74) is 0.490. The Bertz CT molecular complexity index is 736. The number of rotatable bonds is 4. The van der Waals surface area contributed by atoms with E-state index in [-0.39, 0.29) is 36.9 Å². The third kappa shape index (κ3) is 6.30. The zero-order valence-electron chi connectivity index (χ0n) is 14.2. The van der Waals surface area contributed by atoms with Crippen molar-refractivity contribution in [3.05, 3.63) is 52.8 Å². The summed E-state index contributed by atoms with van der Waals surface area (Å²) in [4.78, 5) is 18.4. The predicted octanol–water partition coefficient (Wildman–Crippen LogP) is 4.12. The normalized spacial score (nSPS) is 15.9. The second kappa shape index (κ2) is 11.4. The Labute approximate surface area is 180 Å². The molecule has 10 heteroatoms. The molecule has 1 unspecified atom stereocenters. The summed E-state index contributed by atoms with van der Waals surface area (Å²) in [5, 5.41) is 6.83. The third-order valence-electron chi connectivity index (χ3n) is 3.88. The first kappa shape index (κ1) is 23.6. The highest BCUT2D eigenvalue weighted by atomic mass is 35.5. The van der Waals surface area contributed by atoms with Crippen molar-refractivity contribution in [3.63, 3.8) is 0 Å². The first-order chi connectivity index (χ1) is 12.1. The highest BCUT2D eigenvalue weighted by Gasteiger charge is 2.27. The second-order valence-corrected chi connectivity index (χ2v) is 6.37. The largest absolute Gasteiger partial charge is 0.490 e. The Morgan fingerprint density at radius 1 is 1.30 bits per heavy atom. The summed E-state index contributed by atoms with van der Waals surface area (Å²) in [7, 11) is 0. The molecule has 1 aromatic heterocycles. The van der Waals surface area contributed by atoms with Crippen LogP contribution >= 0.6 is 48.0 Å². The van der Waals surface area contributed by atoms with Gasteiger partial charge in [-0.05, 0) is 24.3 Å². The molecular weight excluding hydrogens is 434 g/mol. The molecule has 1 aromatic carbocycles. The van der Waals surface area contributed by atoms with Gasteiger partial charge < -0.3 is 20.3 Å². The molecule has 0 bridgehead atoms. The number of ether oxygens (including phenoxy) is 1. The molecule has 0 spiro atoms. The number of halogens is 4. The zero-order valence-corrected chi connectivity index (χ0v) is 17.4. The van der Waals surface area contributed by atoms with Gasteiger partial charge in [-0.15, -0.1) is 24.8 Å². The standard InChI is InChI=1S/C17H18Cl2N4O2.2ClH/c18-14-4-1-5-15(16(14)19)22-17(24)23-8-7-21-9-12(23)11-25-13-3-2-6-20-10-13;;/h1-6,10,12,21H,7-9,11H2,(H,22,24);2*1H. The lowest BCUT2D eigenvalue weighted by Crippen LogP contribution is -2.57. The highest BCUT2D eigenvalue weighted by Crippen LogP contribution is 2.29. The van der Waals surface area contributed by atoms with Crippen molar-refractivity contribution in [2.75, 3.05) is 31.6 Å². The number of carbonyl (C=O) groups is 1. The number of nitrogens with zero attached hydrogens (tertiary/aromatic N) is 2. The second-order valence-electron chi connectivity index (χ2n) is 5.58. The number of piperazine rings is 1. The maximum atomic E-state index is 12.7. The van der Waals surface area contributed by atoms with Crippen LogP contribution in [0.4, 0.5) is 10.5 Å². The van der Waals surface area contributed by atoms with E-state index in [2.05, 4.69) is 15.6 Å². The van der Waals surface area contributed by atoms with E-state index in [1.807, 2.05) is 6.07 Å². The fourth-order valence-electron chi connectivity index (χ4n) is 2.59. The molecule has 2 heterocycles. The van der Waals surface area contributed by atoms with Crippen molar-refractivity contribution in [1.82, 2.24) is 15.2 Å². The van der Waals surface area contributed by atoms with E-state index in [0.717, 1.165) is 6.54 Å². The molecular formula is C17H20Cl4N4O2. The van der Waals surface area contributed by atoms with Crippen LogP contribution in [0.3, 0.4) is 0 Å². The Morgan fingerprint density at radius 3 is 2.85 bits per heavy atom. The monoisotopic (exact) mass is 452 g/mol. The van der Waals surface area contributed by atoms with Gasteiger partial charge in [-0.3, -0.25) is 4.98 Å². The van der Waals surface area contributed by atoms with Gasteiger partial charge in [-0.2, -0.15) is 0 Å². The Morgan fingerprint density at radius 2 is 2.11 bits per heavy atom. The number of amides is 2. The molecule has 3 rings (SSSR count). The van der Waals surface area contributed by atoms with E-state index < -0.39 is 0 Å². The fraction of sp³-hybridized carbons (Fsp3) is 0.294. The number of hydrogen-bond acceptors (Lipinski definition) is 4. The SMILES string of the molecule is Cl.Cl.O=C(Nc1cccc(Cl)c1Cl)N1CCNCC1COc1cccnc1. The van der Waals surface area contributed by atoms with E-state index in [0.29, 0.717) is 41.2 Å². The molecule has 1 fully saturated rings. The van der Waals surface area contributed by atoms with Gasteiger partial charge in [0.1, 0.15) is 12.4 Å². The van der Waals surface area contributed by atoms with Gasteiger partial charge in [-0.25, -0.2) is 4.79 Å². The molecule has 1 aliphatic rings. The van der Waals surface area contributed by atoms with Crippen molar-refractivity contribution in [2.24, 2.45) is 0 Å². The molecule has 0 saturated carbocycles. The molecule has 2 amide bonds. The molecule has 1 saturated heterocycles. The topological polar surface area (TPSA) is 66.5 Å². The Hall–Kier alpha value is -1.44. The quantitative estimate of drug-likeness (QED) is 0.730. The first-order valence-electron chi connectivity index (χ1n) is 7.90. The van der Waals surface area contributed by atoms with Gasteiger partial charge in [0.2, 0.25) is 0 Å². The average Bonchev–Trinajstić information content (AvgIpc) is 2.65. The van der Waals surface area contributed by atoms with E-state index in [1.54, 1.807) is 41.6 Å². The lowest BCUT2D eigenvalue weighted by Gasteiger charge is -2.36. The van der Waals surface area contributed by atoms with Gasteiger partial charge in [0, 0.05) is 25.8 Å². The summed E-state index contributed by atoms with van der Waals surface area (Å²) in [6.07, 6.45) is 3.33. The average molecular weight is 454 g/mol.